The second-order valence-electron chi connectivity index (χ2n) is 4.75. The highest BCUT2D eigenvalue weighted by Crippen LogP contribution is 2.26. The lowest BCUT2D eigenvalue weighted by atomic mass is 9.94. The quantitative estimate of drug-likeness (QED) is 0.603. The second kappa shape index (κ2) is 5.94. The molecule has 0 N–H and O–H groups in total. The van der Waals surface area contributed by atoms with Gasteiger partial charge in [0.15, 0.2) is 5.78 Å². The lowest BCUT2D eigenvalue weighted by Gasteiger charge is -2.09. The van der Waals surface area contributed by atoms with E-state index in [4.69, 9.17) is 11.6 Å². The van der Waals surface area contributed by atoms with Gasteiger partial charge in [-0.2, -0.15) is 0 Å². The number of halogens is 1. The molecule has 0 aromatic heterocycles. The van der Waals surface area contributed by atoms with Gasteiger partial charge in [0.2, 0.25) is 0 Å². The van der Waals surface area contributed by atoms with Gasteiger partial charge in [-0.1, -0.05) is 78.3 Å². The van der Waals surface area contributed by atoms with E-state index in [1.165, 1.54) is 0 Å². The molecule has 102 valence electrons. The van der Waals surface area contributed by atoms with Crippen molar-refractivity contribution in [2.75, 3.05) is 0 Å². The van der Waals surface area contributed by atoms with Crippen molar-refractivity contribution < 1.29 is 4.79 Å². The third-order valence-electron chi connectivity index (χ3n) is 3.34. The first-order chi connectivity index (χ1) is 10.3. The van der Waals surface area contributed by atoms with Gasteiger partial charge in [0.05, 0.1) is 0 Å². The van der Waals surface area contributed by atoms with Crippen LogP contribution in [0.25, 0.3) is 11.1 Å². The molecule has 0 bridgehead atoms. The first-order valence-corrected chi connectivity index (χ1v) is 7.08. The number of carbonyl (C=O) groups excluding carboxylic acids is 1. The van der Waals surface area contributed by atoms with Gasteiger partial charge in [-0.3, -0.25) is 4.79 Å². The fourth-order valence-corrected chi connectivity index (χ4v) is 2.53. The van der Waals surface area contributed by atoms with E-state index in [-0.39, 0.29) is 5.78 Å². The highest BCUT2D eigenvalue weighted by molar-refractivity contribution is 6.31. The largest absolute Gasteiger partial charge is 0.289 e. The Morgan fingerprint density at radius 1 is 0.762 bits per heavy atom. The zero-order valence-electron chi connectivity index (χ0n) is 11.3. The van der Waals surface area contributed by atoms with E-state index < -0.39 is 0 Å². The van der Waals surface area contributed by atoms with Crippen LogP contribution >= 0.6 is 11.6 Å². The summed E-state index contributed by atoms with van der Waals surface area (Å²) in [6.07, 6.45) is 0. The summed E-state index contributed by atoms with van der Waals surface area (Å²) in [7, 11) is 0. The predicted molar refractivity (Wildman–Crippen MR) is 86.8 cm³/mol. The van der Waals surface area contributed by atoms with E-state index in [1.807, 2.05) is 54.6 Å². The van der Waals surface area contributed by atoms with Crippen molar-refractivity contribution in [1.29, 1.82) is 0 Å². The molecule has 3 aromatic rings. The summed E-state index contributed by atoms with van der Waals surface area (Å²) in [6, 6.07) is 24.6. The Morgan fingerprint density at radius 3 is 2.24 bits per heavy atom. The third kappa shape index (κ3) is 2.88. The van der Waals surface area contributed by atoms with E-state index in [0.717, 1.165) is 11.1 Å². The van der Waals surface area contributed by atoms with Crippen molar-refractivity contribution in [3.05, 3.63) is 95.0 Å². The molecule has 0 aliphatic heterocycles. The van der Waals surface area contributed by atoms with E-state index in [2.05, 4.69) is 0 Å². The van der Waals surface area contributed by atoms with E-state index in [1.54, 1.807) is 24.3 Å². The number of hydrogen-bond acceptors (Lipinski definition) is 1. The third-order valence-corrected chi connectivity index (χ3v) is 3.58. The molecule has 0 saturated heterocycles. The molecular formula is C19H13ClO. The summed E-state index contributed by atoms with van der Waals surface area (Å²) in [4.78, 5) is 12.7. The maximum atomic E-state index is 12.7. The molecule has 0 spiro atoms. The Morgan fingerprint density at radius 2 is 1.48 bits per heavy atom. The Kier molecular flexibility index (Phi) is 3.85. The monoisotopic (exact) mass is 292 g/mol. The summed E-state index contributed by atoms with van der Waals surface area (Å²) in [6.45, 7) is 0. The molecule has 0 atom stereocenters. The molecule has 0 unspecified atom stereocenters. The molecule has 0 saturated carbocycles. The molecule has 0 fully saturated rings. The van der Waals surface area contributed by atoms with E-state index >= 15 is 0 Å². The van der Waals surface area contributed by atoms with Gasteiger partial charge in [-0.05, 0) is 23.3 Å². The minimum atomic E-state index is -0.0167. The molecule has 3 rings (SSSR count). The average Bonchev–Trinajstić information content (AvgIpc) is 2.55. The van der Waals surface area contributed by atoms with Gasteiger partial charge in [-0.15, -0.1) is 0 Å². The topological polar surface area (TPSA) is 17.1 Å². The van der Waals surface area contributed by atoms with Crippen molar-refractivity contribution in [1.82, 2.24) is 0 Å². The Labute approximate surface area is 128 Å². The van der Waals surface area contributed by atoms with Gasteiger partial charge in [0.25, 0.3) is 0 Å². The second-order valence-corrected chi connectivity index (χ2v) is 5.19. The minimum Gasteiger partial charge on any atom is -0.289 e. The van der Waals surface area contributed by atoms with E-state index in [0.29, 0.717) is 16.1 Å². The Bertz CT molecular complexity index is 778. The molecule has 1 nitrogen and oxygen atoms in total. The minimum absolute atomic E-state index is 0.0167. The van der Waals surface area contributed by atoms with Crippen LogP contribution in [0.15, 0.2) is 78.9 Å². The zero-order chi connectivity index (χ0) is 14.7. The molecular weight excluding hydrogens is 280 g/mol. The van der Waals surface area contributed by atoms with Crippen LogP contribution in [0, 0.1) is 0 Å². The standard InChI is InChI=1S/C19H13ClO/c20-16-10-6-9-15(13-16)19(21)18-12-5-4-11-17(18)14-7-2-1-3-8-14/h1-13H. The number of hydrogen-bond donors (Lipinski definition) is 0. The Balaban J connectivity index is 2.09. The average molecular weight is 293 g/mol. The van der Waals surface area contributed by atoms with Gasteiger partial charge >= 0.3 is 0 Å². The molecule has 0 radical (unpaired) electrons. The number of ketones is 1. The first-order valence-electron chi connectivity index (χ1n) is 6.70. The van der Waals surface area contributed by atoms with Crippen molar-refractivity contribution in [2.45, 2.75) is 0 Å². The fourth-order valence-electron chi connectivity index (χ4n) is 2.34. The molecule has 0 amide bonds. The van der Waals surface area contributed by atoms with Crippen LogP contribution in [0.1, 0.15) is 15.9 Å². The molecule has 0 aliphatic carbocycles. The molecule has 0 aliphatic rings. The summed E-state index contributed by atoms with van der Waals surface area (Å²) in [5, 5.41) is 0.568. The fraction of sp³-hybridized carbons (Fsp3) is 0. The van der Waals surface area contributed by atoms with Crippen LogP contribution in [0.3, 0.4) is 0 Å². The van der Waals surface area contributed by atoms with E-state index in [9.17, 15) is 4.79 Å². The summed E-state index contributed by atoms with van der Waals surface area (Å²) in [5.41, 5.74) is 3.25. The number of rotatable bonds is 3. The SMILES string of the molecule is O=C(c1cccc(Cl)c1)c1ccccc1-c1ccccc1. The lowest BCUT2D eigenvalue weighted by Crippen LogP contribution is -2.03. The molecule has 0 heterocycles. The first kappa shape index (κ1) is 13.6. The normalized spacial score (nSPS) is 10.3. The maximum Gasteiger partial charge on any atom is 0.193 e. The highest BCUT2D eigenvalue weighted by Gasteiger charge is 2.14. The van der Waals surface area contributed by atoms with Crippen LogP contribution in [-0.4, -0.2) is 5.78 Å². The van der Waals surface area contributed by atoms with Gasteiger partial charge in [0, 0.05) is 16.1 Å². The smallest absolute Gasteiger partial charge is 0.193 e. The highest BCUT2D eigenvalue weighted by atomic mass is 35.5. The van der Waals surface area contributed by atoms with Crippen LogP contribution in [-0.2, 0) is 0 Å². The Hall–Kier alpha value is -2.38. The predicted octanol–water partition coefficient (Wildman–Crippen LogP) is 5.24. The van der Waals surface area contributed by atoms with Crippen molar-refractivity contribution in [3.8, 4) is 11.1 Å². The van der Waals surface area contributed by atoms with Gasteiger partial charge in [0.1, 0.15) is 0 Å². The van der Waals surface area contributed by atoms with Crippen molar-refractivity contribution >= 4 is 17.4 Å². The van der Waals surface area contributed by atoms with Gasteiger partial charge in [-0.25, -0.2) is 0 Å². The number of benzene rings is 3. The van der Waals surface area contributed by atoms with Crippen LogP contribution in [0.2, 0.25) is 5.02 Å². The lowest BCUT2D eigenvalue weighted by molar-refractivity contribution is 0.103. The molecule has 3 aromatic carbocycles. The molecule has 2 heteroatoms. The maximum absolute atomic E-state index is 12.7. The molecule has 21 heavy (non-hydrogen) atoms. The summed E-state index contributed by atoms with van der Waals surface area (Å²) >= 11 is 5.98. The zero-order valence-corrected chi connectivity index (χ0v) is 12.0. The van der Waals surface area contributed by atoms with Crippen molar-refractivity contribution in [3.63, 3.8) is 0 Å². The summed E-state index contributed by atoms with van der Waals surface area (Å²) < 4.78 is 0. The van der Waals surface area contributed by atoms with Crippen LogP contribution < -0.4 is 0 Å². The van der Waals surface area contributed by atoms with Crippen LogP contribution in [0.4, 0.5) is 0 Å². The van der Waals surface area contributed by atoms with Gasteiger partial charge < -0.3 is 0 Å². The van der Waals surface area contributed by atoms with Crippen LogP contribution in [0.5, 0.6) is 0 Å². The number of carbonyl (C=O) groups is 1. The summed E-state index contributed by atoms with van der Waals surface area (Å²) in [5.74, 6) is -0.0167. The van der Waals surface area contributed by atoms with Crippen molar-refractivity contribution in [2.24, 2.45) is 0 Å².